The van der Waals surface area contributed by atoms with Crippen LogP contribution in [0.15, 0.2) is 58.1 Å². The average molecular weight is 321 g/mol. The Morgan fingerprint density at radius 3 is 2.74 bits per heavy atom. The summed E-state index contributed by atoms with van der Waals surface area (Å²) in [6.07, 6.45) is 1.52. The predicted molar refractivity (Wildman–Crippen MR) is 75.6 cm³/mol. The summed E-state index contributed by atoms with van der Waals surface area (Å²) in [5.74, 6) is -0.908. The molecule has 0 aliphatic rings. The van der Waals surface area contributed by atoms with Gasteiger partial charge in [0.25, 0.3) is 5.91 Å². The number of amides is 1. The number of hydrazone groups is 1. The summed E-state index contributed by atoms with van der Waals surface area (Å²) in [5, 5.41) is 3.82. The lowest BCUT2D eigenvalue weighted by atomic mass is 10.2. The minimum atomic E-state index is -0.455. The van der Waals surface area contributed by atoms with Crippen LogP contribution in [0.3, 0.4) is 0 Å². The molecule has 0 saturated heterocycles. The van der Waals surface area contributed by atoms with Crippen LogP contribution in [0, 0.1) is 5.82 Å². The SMILES string of the molecule is O=C(N/N=C/c1cccc(Br)c1)c1cccc(F)c1. The Balaban J connectivity index is 2.01. The Morgan fingerprint density at radius 2 is 2.00 bits per heavy atom. The van der Waals surface area contributed by atoms with E-state index in [2.05, 4.69) is 26.5 Å². The number of rotatable bonds is 3. The fourth-order valence-corrected chi connectivity index (χ4v) is 1.86. The lowest BCUT2D eigenvalue weighted by Gasteiger charge is -1.99. The molecular formula is C14H10BrFN2O. The normalized spacial score (nSPS) is 10.6. The second-order valence-electron chi connectivity index (χ2n) is 3.76. The summed E-state index contributed by atoms with van der Waals surface area (Å²) in [5.41, 5.74) is 3.41. The van der Waals surface area contributed by atoms with Crippen molar-refractivity contribution >= 4 is 28.1 Å². The van der Waals surface area contributed by atoms with Crippen LogP contribution < -0.4 is 5.43 Å². The van der Waals surface area contributed by atoms with Gasteiger partial charge >= 0.3 is 0 Å². The van der Waals surface area contributed by atoms with Crippen LogP contribution in [0.1, 0.15) is 15.9 Å². The number of hydrogen-bond donors (Lipinski definition) is 1. The summed E-state index contributed by atoms with van der Waals surface area (Å²) >= 11 is 3.34. The Morgan fingerprint density at radius 1 is 1.21 bits per heavy atom. The fraction of sp³-hybridized carbons (Fsp3) is 0. The first-order chi connectivity index (χ1) is 9.15. The van der Waals surface area contributed by atoms with Crippen molar-refractivity contribution in [3.05, 3.63) is 69.9 Å². The Labute approximate surface area is 118 Å². The third-order valence-electron chi connectivity index (χ3n) is 2.32. The maximum absolute atomic E-state index is 12.9. The molecule has 0 aromatic heterocycles. The highest BCUT2D eigenvalue weighted by atomic mass is 79.9. The van der Waals surface area contributed by atoms with Crippen LogP contribution in [0.4, 0.5) is 4.39 Å². The number of carbonyl (C=O) groups is 1. The van der Waals surface area contributed by atoms with Crippen molar-refractivity contribution in [1.29, 1.82) is 0 Å². The van der Waals surface area contributed by atoms with Crippen molar-refractivity contribution < 1.29 is 9.18 Å². The van der Waals surface area contributed by atoms with Gasteiger partial charge in [-0.2, -0.15) is 5.10 Å². The predicted octanol–water partition coefficient (Wildman–Crippen LogP) is 3.35. The van der Waals surface area contributed by atoms with Crippen LogP contribution in [0.5, 0.6) is 0 Å². The first-order valence-electron chi connectivity index (χ1n) is 5.50. The van der Waals surface area contributed by atoms with Crippen molar-refractivity contribution in [3.8, 4) is 0 Å². The summed E-state index contributed by atoms with van der Waals surface area (Å²) in [4.78, 5) is 11.7. The fourth-order valence-electron chi connectivity index (χ4n) is 1.45. The molecule has 0 saturated carbocycles. The van der Waals surface area contributed by atoms with Crippen molar-refractivity contribution in [2.24, 2.45) is 5.10 Å². The molecule has 5 heteroatoms. The molecule has 0 fully saturated rings. The molecule has 2 aromatic carbocycles. The van der Waals surface area contributed by atoms with Gasteiger partial charge in [0.15, 0.2) is 0 Å². The van der Waals surface area contributed by atoms with Crippen LogP contribution >= 0.6 is 15.9 Å². The highest BCUT2D eigenvalue weighted by Crippen LogP contribution is 2.09. The molecular weight excluding hydrogens is 311 g/mol. The molecule has 19 heavy (non-hydrogen) atoms. The Hall–Kier alpha value is -2.01. The zero-order chi connectivity index (χ0) is 13.7. The molecule has 0 heterocycles. The lowest BCUT2D eigenvalue weighted by molar-refractivity contribution is 0.0954. The Kier molecular flexibility index (Phi) is 4.41. The largest absolute Gasteiger partial charge is 0.271 e. The number of carbonyl (C=O) groups excluding carboxylic acids is 1. The zero-order valence-corrected chi connectivity index (χ0v) is 11.4. The molecule has 0 spiro atoms. The topological polar surface area (TPSA) is 41.5 Å². The van der Waals surface area contributed by atoms with Gasteiger partial charge in [0.05, 0.1) is 6.21 Å². The third kappa shape index (κ3) is 3.99. The third-order valence-corrected chi connectivity index (χ3v) is 2.81. The van der Waals surface area contributed by atoms with Gasteiger partial charge in [-0.05, 0) is 35.9 Å². The van der Waals surface area contributed by atoms with E-state index in [-0.39, 0.29) is 5.56 Å². The van der Waals surface area contributed by atoms with E-state index in [1.165, 1.54) is 24.4 Å². The molecule has 2 rings (SSSR count). The van der Waals surface area contributed by atoms with Gasteiger partial charge in [-0.1, -0.05) is 34.1 Å². The molecule has 0 unspecified atom stereocenters. The maximum atomic E-state index is 12.9. The van der Waals surface area contributed by atoms with E-state index in [0.717, 1.165) is 16.1 Å². The highest BCUT2D eigenvalue weighted by molar-refractivity contribution is 9.10. The first kappa shape index (κ1) is 13.4. The molecule has 0 atom stereocenters. The van der Waals surface area contributed by atoms with Crippen LogP contribution in [0.2, 0.25) is 0 Å². The monoisotopic (exact) mass is 320 g/mol. The number of hydrogen-bond acceptors (Lipinski definition) is 2. The molecule has 0 bridgehead atoms. The summed E-state index contributed by atoms with van der Waals surface area (Å²) in [6, 6.07) is 12.9. The minimum Gasteiger partial charge on any atom is -0.267 e. The van der Waals surface area contributed by atoms with E-state index >= 15 is 0 Å². The van der Waals surface area contributed by atoms with Gasteiger partial charge in [-0.3, -0.25) is 4.79 Å². The smallest absolute Gasteiger partial charge is 0.267 e. The molecule has 96 valence electrons. The molecule has 0 aliphatic carbocycles. The molecule has 0 radical (unpaired) electrons. The van der Waals surface area contributed by atoms with Gasteiger partial charge < -0.3 is 0 Å². The van der Waals surface area contributed by atoms with E-state index in [1.54, 1.807) is 0 Å². The van der Waals surface area contributed by atoms with Crippen molar-refractivity contribution in [1.82, 2.24) is 5.43 Å². The summed E-state index contributed by atoms with van der Waals surface area (Å²) in [6.45, 7) is 0. The van der Waals surface area contributed by atoms with Crippen LogP contribution in [0.25, 0.3) is 0 Å². The number of halogens is 2. The summed E-state index contributed by atoms with van der Waals surface area (Å²) < 4.78 is 13.9. The quantitative estimate of drug-likeness (QED) is 0.684. The van der Waals surface area contributed by atoms with Crippen LogP contribution in [-0.4, -0.2) is 12.1 Å². The maximum Gasteiger partial charge on any atom is 0.271 e. The van der Waals surface area contributed by atoms with Gasteiger partial charge in [0.1, 0.15) is 5.82 Å². The molecule has 0 aliphatic heterocycles. The molecule has 2 aromatic rings. The van der Waals surface area contributed by atoms with Gasteiger partial charge in [-0.25, -0.2) is 9.82 Å². The average Bonchev–Trinajstić information content (AvgIpc) is 2.38. The van der Waals surface area contributed by atoms with Gasteiger partial charge in [-0.15, -0.1) is 0 Å². The van der Waals surface area contributed by atoms with E-state index in [1.807, 2.05) is 24.3 Å². The van der Waals surface area contributed by atoms with Crippen LogP contribution in [-0.2, 0) is 0 Å². The second kappa shape index (κ2) is 6.24. The molecule has 1 amide bonds. The van der Waals surface area contributed by atoms with E-state index in [9.17, 15) is 9.18 Å². The minimum absolute atomic E-state index is 0.228. The second-order valence-corrected chi connectivity index (χ2v) is 4.68. The molecule has 1 N–H and O–H groups in total. The highest BCUT2D eigenvalue weighted by Gasteiger charge is 2.04. The van der Waals surface area contributed by atoms with E-state index < -0.39 is 11.7 Å². The number of nitrogens with zero attached hydrogens (tertiary/aromatic N) is 1. The van der Waals surface area contributed by atoms with E-state index in [4.69, 9.17) is 0 Å². The molecule has 3 nitrogen and oxygen atoms in total. The Bertz CT molecular complexity index is 628. The number of nitrogens with one attached hydrogen (secondary N) is 1. The van der Waals surface area contributed by atoms with Crippen molar-refractivity contribution in [3.63, 3.8) is 0 Å². The van der Waals surface area contributed by atoms with E-state index in [0.29, 0.717) is 0 Å². The summed E-state index contributed by atoms with van der Waals surface area (Å²) in [7, 11) is 0. The number of benzene rings is 2. The van der Waals surface area contributed by atoms with Crippen molar-refractivity contribution in [2.75, 3.05) is 0 Å². The standard InChI is InChI=1S/C14H10BrFN2O/c15-12-5-1-3-10(7-12)9-17-18-14(19)11-4-2-6-13(16)8-11/h1-9H,(H,18,19)/b17-9+. The van der Waals surface area contributed by atoms with Gasteiger partial charge in [0.2, 0.25) is 0 Å². The zero-order valence-electron chi connectivity index (χ0n) is 9.81. The van der Waals surface area contributed by atoms with Crippen molar-refractivity contribution in [2.45, 2.75) is 0 Å². The lowest BCUT2D eigenvalue weighted by Crippen LogP contribution is -2.17. The van der Waals surface area contributed by atoms with Gasteiger partial charge in [0, 0.05) is 10.0 Å². The first-order valence-corrected chi connectivity index (χ1v) is 6.29.